The summed E-state index contributed by atoms with van der Waals surface area (Å²) in [5, 5.41) is 0. The van der Waals surface area contributed by atoms with Gasteiger partial charge in [0.25, 0.3) is 0 Å². The summed E-state index contributed by atoms with van der Waals surface area (Å²) in [7, 11) is 0. The minimum atomic E-state index is -1.50. The second-order valence-corrected chi connectivity index (χ2v) is 17.2. The molecule has 0 atom stereocenters. The van der Waals surface area contributed by atoms with Crippen LogP contribution in [-0.2, 0) is 35.7 Å². The number of benzene rings is 4. The van der Waals surface area contributed by atoms with Crippen molar-refractivity contribution in [3.63, 3.8) is 0 Å². The fraction of sp³-hybridized carbons (Fsp3) is 0.0588. The van der Waals surface area contributed by atoms with Crippen molar-refractivity contribution >= 4 is 15.5 Å². The minimum absolute atomic E-state index is 0.634. The van der Waals surface area contributed by atoms with E-state index in [4.69, 9.17) is 0 Å². The molecular weight excluding hydrogens is 504 g/mol. The zero-order valence-electron chi connectivity index (χ0n) is 20.3. The predicted molar refractivity (Wildman–Crippen MR) is 148 cm³/mol. The van der Waals surface area contributed by atoms with Crippen molar-refractivity contribution in [1.82, 2.24) is 0 Å². The molecule has 2 aliphatic rings. The molecule has 2 heteroatoms. The first-order valence-corrected chi connectivity index (χ1v) is 17.5. The van der Waals surface area contributed by atoms with Crippen LogP contribution in [0, 0.1) is 0 Å². The van der Waals surface area contributed by atoms with Crippen LogP contribution in [0.2, 0.25) is 8.45 Å². The van der Waals surface area contributed by atoms with Crippen LogP contribution in [0.5, 0.6) is 0 Å². The van der Waals surface area contributed by atoms with Gasteiger partial charge in [0.15, 0.2) is 0 Å². The summed E-state index contributed by atoms with van der Waals surface area (Å²) in [5.41, 5.74) is 0. The topological polar surface area (TPSA) is 0 Å². The van der Waals surface area contributed by atoms with E-state index in [2.05, 4.69) is 170 Å². The van der Waals surface area contributed by atoms with E-state index in [1.54, 1.807) is 15.5 Å². The molecule has 4 aromatic carbocycles. The first-order valence-electron chi connectivity index (χ1n) is 12.6. The van der Waals surface area contributed by atoms with Gasteiger partial charge in [0.1, 0.15) is 0 Å². The first kappa shape index (κ1) is 24.9. The number of hydrogen-bond donors (Lipinski definition) is 0. The van der Waals surface area contributed by atoms with Crippen LogP contribution in [0.3, 0.4) is 0 Å². The second-order valence-electron chi connectivity index (χ2n) is 8.88. The Morgan fingerprint density at radius 3 is 0.750 bits per heavy atom. The van der Waals surface area contributed by atoms with Crippen LogP contribution in [-0.4, -0.2) is 0 Å². The van der Waals surface area contributed by atoms with Gasteiger partial charge >= 0.3 is 230 Å². The second kappa shape index (κ2) is 13.0. The van der Waals surface area contributed by atoms with Gasteiger partial charge < -0.3 is 0 Å². The summed E-state index contributed by atoms with van der Waals surface area (Å²) < 4.78 is 7.45. The van der Waals surface area contributed by atoms with E-state index in [-0.39, 0.29) is 0 Å². The van der Waals surface area contributed by atoms with Crippen LogP contribution < -0.4 is 15.5 Å². The SMILES string of the molecule is C1=C[CH]([Ti]([c]2ccccc2)[c]2ccccc2)C=C1.C1=C[CH]([Ti]([c]2ccccc2)[c]2ccccc2)C=C1. The molecule has 0 saturated carbocycles. The van der Waals surface area contributed by atoms with E-state index in [9.17, 15) is 0 Å². The zero-order valence-corrected chi connectivity index (χ0v) is 23.4. The molecule has 6 rings (SSSR count). The molecule has 4 aromatic rings. The molecule has 174 valence electrons. The molecule has 0 radical (unpaired) electrons. The van der Waals surface area contributed by atoms with E-state index in [1.165, 1.54) is 0 Å². The molecule has 0 unspecified atom stereocenters. The Hall–Kier alpha value is -2.73. The molecule has 0 fully saturated rings. The summed E-state index contributed by atoms with van der Waals surface area (Å²) in [4.78, 5) is 0. The fourth-order valence-electron chi connectivity index (χ4n) is 4.82. The molecule has 0 spiro atoms. The van der Waals surface area contributed by atoms with Gasteiger partial charge in [-0.05, 0) is 0 Å². The third-order valence-corrected chi connectivity index (χ3v) is 15.8. The Labute approximate surface area is 228 Å². The van der Waals surface area contributed by atoms with E-state index in [0.29, 0.717) is 8.45 Å². The molecule has 36 heavy (non-hydrogen) atoms. The number of allylic oxidation sites excluding steroid dienone is 8. The van der Waals surface area contributed by atoms with E-state index < -0.39 is 35.7 Å². The Morgan fingerprint density at radius 1 is 0.306 bits per heavy atom. The Bertz CT molecular complexity index is 1110. The van der Waals surface area contributed by atoms with Gasteiger partial charge in [0, 0.05) is 0 Å². The predicted octanol–water partition coefficient (Wildman–Crippen LogP) is 6.34. The maximum absolute atomic E-state index is 2.36. The van der Waals surface area contributed by atoms with Crippen molar-refractivity contribution in [2.24, 2.45) is 0 Å². The van der Waals surface area contributed by atoms with Crippen LogP contribution in [0.15, 0.2) is 170 Å². The summed E-state index contributed by atoms with van der Waals surface area (Å²) >= 11 is -2.99. The van der Waals surface area contributed by atoms with Gasteiger partial charge in [-0.1, -0.05) is 0 Å². The fourth-order valence-corrected chi connectivity index (χ4v) is 13.6. The summed E-state index contributed by atoms with van der Waals surface area (Å²) in [6, 6.07) is 44.0. The van der Waals surface area contributed by atoms with Crippen molar-refractivity contribution in [1.29, 1.82) is 0 Å². The van der Waals surface area contributed by atoms with Crippen LogP contribution in [0.25, 0.3) is 0 Å². The molecule has 2 aliphatic carbocycles. The van der Waals surface area contributed by atoms with Gasteiger partial charge in [-0.3, -0.25) is 0 Å². The van der Waals surface area contributed by atoms with Gasteiger partial charge in [-0.15, -0.1) is 0 Å². The molecule has 0 aromatic heterocycles. The Kier molecular flexibility index (Phi) is 9.00. The van der Waals surface area contributed by atoms with Gasteiger partial charge in [-0.25, -0.2) is 0 Å². The Balaban J connectivity index is 0.000000148. The standard InChI is InChI=1S/4C6H5.2C5H5.2Ti/c4*1-2-4-6-5-3-1;2*1-2-4-5-3-1;;/h4*1-5H;2*1-5H;;. The van der Waals surface area contributed by atoms with E-state index in [1.807, 2.05) is 0 Å². The number of hydrogen-bond acceptors (Lipinski definition) is 0. The molecular formula is C34H30Ti2. The molecule has 0 bridgehead atoms. The van der Waals surface area contributed by atoms with Gasteiger partial charge in [-0.2, -0.15) is 0 Å². The monoisotopic (exact) mass is 534 g/mol. The third-order valence-electron chi connectivity index (χ3n) is 6.50. The number of rotatable bonds is 6. The first-order chi connectivity index (χ1) is 17.9. The van der Waals surface area contributed by atoms with Crippen molar-refractivity contribution < 1.29 is 35.7 Å². The molecule has 0 nitrogen and oxygen atoms in total. The molecule has 0 aliphatic heterocycles. The van der Waals surface area contributed by atoms with E-state index >= 15 is 0 Å². The van der Waals surface area contributed by atoms with Crippen molar-refractivity contribution in [2.45, 2.75) is 8.45 Å². The molecule has 0 saturated heterocycles. The summed E-state index contributed by atoms with van der Waals surface area (Å²) in [6.45, 7) is 0. The Morgan fingerprint density at radius 2 is 0.528 bits per heavy atom. The third kappa shape index (κ3) is 6.33. The molecule has 0 N–H and O–H groups in total. The quantitative estimate of drug-likeness (QED) is 0.254. The van der Waals surface area contributed by atoms with Crippen LogP contribution >= 0.6 is 0 Å². The zero-order chi connectivity index (χ0) is 24.4. The summed E-state index contributed by atoms with van der Waals surface area (Å²) in [6.07, 6.45) is 18.2. The van der Waals surface area contributed by atoms with Crippen molar-refractivity contribution in [3.8, 4) is 0 Å². The van der Waals surface area contributed by atoms with Crippen molar-refractivity contribution in [3.05, 3.63) is 170 Å². The van der Waals surface area contributed by atoms with Gasteiger partial charge in [0.2, 0.25) is 0 Å². The van der Waals surface area contributed by atoms with Crippen molar-refractivity contribution in [2.75, 3.05) is 0 Å². The normalized spacial score (nSPS) is 14.0. The molecule has 0 heterocycles. The molecule has 0 amide bonds. The maximum atomic E-state index is 2.36. The summed E-state index contributed by atoms with van der Waals surface area (Å²) in [5.74, 6) is 0. The van der Waals surface area contributed by atoms with Gasteiger partial charge in [0.05, 0.1) is 0 Å². The average molecular weight is 534 g/mol. The van der Waals surface area contributed by atoms with Crippen LogP contribution in [0.1, 0.15) is 0 Å². The van der Waals surface area contributed by atoms with E-state index in [0.717, 1.165) is 0 Å². The average Bonchev–Trinajstić information content (AvgIpc) is 3.68. The van der Waals surface area contributed by atoms with Crippen LogP contribution in [0.4, 0.5) is 0 Å².